The van der Waals surface area contributed by atoms with Gasteiger partial charge in [-0.25, -0.2) is 13.1 Å². The van der Waals surface area contributed by atoms with Gasteiger partial charge in [0.15, 0.2) is 0 Å². The lowest BCUT2D eigenvalue weighted by Gasteiger charge is -2.32. The molecule has 10 nitrogen and oxygen atoms in total. The van der Waals surface area contributed by atoms with Gasteiger partial charge in [-0.3, -0.25) is 4.68 Å². The molecule has 0 aliphatic carbocycles. The third-order valence-corrected chi connectivity index (χ3v) is 9.02. The van der Waals surface area contributed by atoms with Crippen LogP contribution in [0.5, 0.6) is 0 Å². The summed E-state index contributed by atoms with van der Waals surface area (Å²) >= 11 is 0. The average molecular weight is 517 g/mol. The lowest BCUT2D eigenvalue weighted by Crippen LogP contribution is -2.36. The van der Waals surface area contributed by atoms with E-state index in [0.717, 1.165) is 34.1 Å². The summed E-state index contributed by atoms with van der Waals surface area (Å²) in [5.41, 5.74) is 4.91. The van der Waals surface area contributed by atoms with Crippen LogP contribution in [0, 0.1) is 6.92 Å². The minimum Gasteiger partial charge on any atom is -0.274 e. The molecule has 1 aliphatic heterocycles. The van der Waals surface area contributed by atoms with E-state index in [9.17, 15) is 8.42 Å². The highest BCUT2D eigenvalue weighted by molar-refractivity contribution is 7.89. The second kappa shape index (κ2) is 8.63. The van der Waals surface area contributed by atoms with Crippen molar-refractivity contribution in [3.8, 4) is 5.69 Å². The second-order valence-electron chi connectivity index (χ2n) is 9.86. The largest absolute Gasteiger partial charge is 0.274 e. The molecule has 1 saturated heterocycles. The molecule has 0 bridgehead atoms. The maximum Gasteiger partial charge on any atom is 0.264 e. The van der Waals surface area contributed by atoms with E-state index >= 15 is 0 Å². The van der Waals surface area contributed by atoms with Crippen LogP contribution in [-0.2, 0) is 36.0 Å². The van der Waals surface area contributed by atoms with Gasteiger partial charge in [-0.05, 0) is 48.6 Å². The fourth-order valence-corrected chi connectivity index (χ4v) is 6.95. The molecule has 11 heteroatoms. The molecule has 5 aromatic rings. The van der Waals surface area contributed by atoms with Gasteiger partial charge in [0.25, 0.3) is 10.0 Å². The van der Waals surface area contributed by atoms with E-state index in [1.807, 2.05) is 42.3 Å². The summed E-state index contributed by atoms with van der Waals surface area (Å²) < 4.78 is 32.1. The number of rotatable bonds is 6. The highest BCUT2D eigenvalue weighted by Crippen LogP contribution is 2.42. The lowest BCUT2D eigenvalue weighted by atomic mass is 9.73. The van der Waals surface area contributed by atoms with Gasteiger partial charge in [0, 0.05) is 38.0 Å². The Morgan fingerprint density at radius 3 is 2.51 bits per heavy atom. The first-order valence-corrected chi connectivity index (χ1v) is 13.6. The summed E-state index contributed by atoms with van der Waals surface area (Å²) in [4.78, 5) is 1.28. The van der Waals surface area contributed by atoms with E-state index in [-0.39, 0.29) is 5.03 Å². The van der Waals surface area contributed by atoms with Crippen LogP contribution in [0.1, 0.15) is 23.1 Å². The maximum absolute atomic E-state index is 13.5. The van der Waals surface area contributed by atoms with Crippen LogP contribution in [0.15, 0.2) is 72.3 Å². The smallest absolute Gasteiger partial charge is 0.264 e. The summed E-state index contributed by atoms with van der Waals surface area (Å²) in [6.45, 7) is 2.88. The number of hydrogen-bond acceptors (Lipinski definition) is 6. The second-order valence-corrected chi connectivity index (χ2v) is 11.7. The average Bonchev–Trinajstić information content (AvgIpc) is 3.66. The van der Waals surface area contributed by atoms with Gasteiger partial charge < -0.3 is 0 Å². The molecule has 0 N–H and O–H groups in total. The molecule has 6 rings (SSSR count). The van der Waals surface area contributed by atoms with Crippen molar-refractivity contribution >= 4 is 20.9 Å². The first-order valence-electron chi connectivity index (χ1n) is 12.1. The van der Waals surface area contributed by atoms with E-state index < -0.39 is 15.4 Å². The van der Waals surface area contributed by atoms with E-state index in [2.05, 4.69) is 51.6 Å². The summed E-state index contributed by atoms with van der Waals surface area (Å²) in [6.07, 6.45) is 8.33. The molecule has 3 aromatic heterocycles. The molecule has 1 unspecified atom stereocenters. The maximum atomic E-state index is 13.5. The van der Waals surface area contributed by atoms with Crippen LogP contribution < -0.4 is 0 Å². The SMILES string of the molecule is Cc1cc2c(cnn2-c2cnn(C)c2)cc1C1(Cc2ccccc2)CCN(S(=O)(=O)c2cnn(C)n2)C1. The topological polar surface area (TPSA) is 104 Å². The number of fused-ring (bicyclic) bond motifs is 1. The predicted octanol–water partition coefficient (Wildman–Crippen LogP) is 2.77. The van der Waals surface area contributed by atoms with E-state index in [1.54, 1.807) is 22.2 Å². The van der Waals surface area contributed by atoms with E-state index in [1.165, 1.54) is 16.6 Å². The highest BCUT2D eigenvalue weighted by atomic mass is 32.2. The summed E-state index contributed by atoms with van der Waals surface area (Å²) in [6, 6.07) is 14.6. The fraction of sp³-hybridized carbons (Fsp3) is 0.308. The molecule has 1 aliphatic rings. The zero-order valence-electron chi connectivity index (χ0n) is 21.0. The van der Waals surface area contributed by atoms with Crippen molar-refractivity contribution in [1.29, 1.82) is 0 Å². The quantitative estimate of drug-likeness (QED) is 0.344. The number of benzene rings is 2. The Kier molecular flexibility index (Phi) is 5.50. The molecule has 2 aromatic carbocycles. The summed E-state index contributed by atoms with van der Waals surface area (Å²) in [5, 5.41) is 18.0. The Morgan fingerprint density at radius 2 is 1.81 bits per heavy atom. The molecule has 1 atom stereocenters. The van der Waals surface area contributed by atoms with Gasteiger partial charge in [0.1, 0.15) is 5.69 Å². The monoisotopic (exact) mass is 516 g/mol. The number of sulfonamides is 1. The van der Waals surface area contributed by atoms with Crippen molar-refractivity contribution in [2.24, 2.45) is 14.1 Å². The van der Waals surface area contributed by atoms with Gasteiger partial charge in [0.05, 0.1) is 30.3 Å². The van der Waals surface area contributed by atoms with E-state index in [4.69, 9.17) is 0 Å². The number of hydrogen-bond donors (Lipinski definition) is 0. The van der Waals surface area contributed by atoms with Crippen LogP contribution in [0.3, 0.4) is 0 Å². The first-order chi connectivity index (χ1) is 17.7. The number of nitrogens with zero attached hydrogens (tertiary/aromatic N) is 8. The molecular weight excluding hydrogens is 488 g/mol. The third kappa shape index (κ3) is 4.04. The number of aryl methyl sites for hydroxylation is 3. The molecule has 190 valence electrons. The van der Waals surface area contributed by atoms with Crippen molar-refractivity contribution in [3.05, 3.63) is 83.9 Å². The Balaban J connectivity index is 1.44. The normalized spacial score (nSPS) is 18.7. The molecule has 0 spiro atoms. The minimum atomic E-state index is -3.76. The van der Waals surface area contributed by atoms with Crippen LogP contribution in [-0.4, -0.2) is 60.4 Å². The van der Waals surface area contributed by atoms with Gasteiger partial charge in [-0.2, -0.15) is 24.4 Å². The molecule has 0 radical (unpaired) electrons. The van der Waals surface area contributed by atoms with Crippen molar-refractivity contribution in [2.45, 2.75) is 30.2 Å². The first kappa shape index (κ1) is 23.6. The molecular formula is C26H28N8O2S. The summed E-state index contributed by atoms with van der Waals surface area (Å²) in [5.74, 6) is 0. The highest BCUT2D eigenvalue weighted by Gasteiger charge is 2.45. The van der Waals surface area contributed by atoms with Gasteiger partial charge in [-0.15, -0.1) is 5.10 Å². The Morgan fingerprint density at radius 1 is 1.00 bits per heavy atom. The Bertz CT molecular complexity index is 1700. The predicted molar refractivity (Wildman–Crippen MR) is 139 cm³/mol. The Labute approximate surface area is 215 Å². The molecule has 0 saturated carbocycles. The van der Waals surface area contributed by atoms with Crippen LogP contribution in [0.25, 0.3) is 16.6 Å². The minimum absolute atomic E-state index is 0.0181. The van der Waals surface area contributed by atoms with Gasteiger partial charge in [-0.1, -0.05) is 30.3 Å². The van der Waals surface area contributed by atoms with Crippen molar-refractivity contribution in [1.82, 2.24) is 38.9 Å². The summed E-state index contributed by atoms with van der Waals surface area (Å²) in [7, 11) is -0.261. The van der Waals surface area contributed by atoms with Crippen molar-refractivity contribution < 1.29 is 8.42 Å². The standard InChI is InChI=1S/C26H28N8O2S/c1-19-11-24-21(14-29-34(24)22-15-27-31(2)17-22)12-23(19)26(13-20-7-5-4-6-8-20)9-10-33(18-26)37(35,36)25-16-28-32(3)30-25/h4-8,11-12,14-17H,9-10,13,18H2,1-3H3. The van der Waals surface area contributed by atoms with Gasteiger partial charge in [0.2, 0.25) is 5.03 Å². The van der Waals surface area contributed by atoms with E-state index in [0.29, 0.717) is 19.5 Å². The van der Waals surface area contributed by atoms with Crippen LogP contribution in [0.4, 0.5) is 0 Å². The fourth-order valence-electron chi connectivity index (χ4n) is 5.54. The van der Waals surface area contributed by atoms with Gasteiger partial charge >= 0.3 is 0 Å². The van der Waals surface area contributed by atoms with Crippen LogP contribution >= 0.6 is 0 Å². The Hall–Kier alpha value is -3.83. The van der Waals surface area contributed by atoms with Crippen LogP contribution in [0.2, 0.25) is 0 Å². The van der Waals surface area contributed by atoms with Crippen molar-refractivity contribution in [3.63, 3.8) is 0 Å². The molecule has 1 fully saturated rings. The zero-order valence-corrected chi connectivity index (χ0v) is 21.8. The number of aromatic nitrogens is 7. The lowest BCUT2D eigenvalue weighted by molar-refractivity contribution is 0.412. The zero-order chi connectivity index (χ0) is 25.8. The molecule has 0 amide bonds. The molecule has 37 heavy (non-hydrogen) atoms. The molecule has 4 heterocycles. The van der Waals surface area contributed by atoms with Crippen molar-refractivity contribution in [2.75, 3.05) is 13.1 Å². The third-order valence-electron chi connectivity index (χ3n) is 7.31.